The minimum atomic E-state index is -0.363. The predicted octanol–water partition coefficient (Wildman–Crippen LogP) is 2.38. The molecule has 2 aliphatic rings. The highest BCUT2D eigenvalue weighted by molar-refractivity contribution is 7.98. The van der Waals surface area contributed by atoms with Crippen LogP contribution in [-0.2, 0) is 11.3 Å². The number of hydrogen-bond acceptors (Lipinski definition) is 4. The van der Waals surface area contributed by atoms with Crippen molar-refractivity contribution in [2.75, 3.05) is 12.0 Å². The third-order valence-corrected chi connectivity index (χ3v) is 6.05. The summed E-state index contributed by atoms with van der Waals surface area (Å²) in [6.45, 7) is 1.03. The smallest absolute Gasteiger partial charge is 0.237 e. The number of benzene rings is 1. The normalized spacial score (nSPS) is 27.8. The molecule has 0 aliphatic carbocycles. The second-order valence-corrected chi connectivity index (χ2v) is 8.09. The Morgan fingerprint density at radius 1 is 1.29 bits per heavy atom. The number of rotatable bonds is 7. The molecule has 5 heteroatoms. The van der Waals surface area contributed by atoms with Crippen LogP contribution in [-0.4, -0.2) is 47.0 Å². The van der Waals surface area contributed by atoms with Crippen LogP contribution in [0.4, 0.5) is 0 Å². The van der Waals surface area contributed by atoms with E-state index < -0.39 is 0 Å². The Kier molecular flexibility index (Phi) is 6.19. The molecule has 2 aliphatic heterocycles. The summed E-state index contributed by atoms with van der Waals surface area (Å²) in [4.78, 5) is 14.9. The first-order valence-corrected chi connectivity index (χ1v) is 10.4. The Balaban J connectivity index is 1.52. The van der Waals surface area contributed by atoms with Gasteiger partial charge in [-0.2, -0.15) is 11.8 Å². The maximum Gasteiger partial charge on any atom is 0.237 e. The summed E-state index contributed by atoms with van der Waals surface area (Å²) in [5.74, 6) is 0.972. The van der Waals surface area contributed by atoms with Gasteiger partial charge in [-0.25, -0.2) is 0 Å². The molecular weight excluding hydrogens is 318 g/mol. The van der Waals surface area contributed by atoms with Crippen molar-refractivity contribution in [3.05, 3.63) is 35.9 Å². The number of thioether (sulfide) groups is 1. The van der Waals surface area contributed by atoms with Crippen molar-refractivity contribution in [3.8, 4) is 0 Å². The van der Waals surface area contributed by atoms with Crippen molar-refractivity contribution in [2.45, 2.75) is 62.8 Å². The van der Waals surface area contributed by atoms with Gasteiger partial charge in [-0.15, -0.1) is 0 Å². The molecule has 2 bridgehead atoms. The maximum absolute atomic E-state index is 12.3. The SMILES string of the molecule is CSCC[C@H](N)C(=O)NC1CC2CCC(C1)N2Cc1ccccc1. The maximum atomic E-state index is 12.3. The summed E-state index contributed by atoms with van der Waals surface area (Å²) in [5.41, 5.74) is 7.38. The van der Waals surface area contributed by atoms with Crippen LogP contribution in [0, 0.1) is 0 Å². The molecule has 1 aromatic rings. The molecule has 1 aromatic carbocycles. The lowest BCUT2D eigenvalue weighted by atomic mass is 9.96. The van der Waals surface area contributed by atoms with E-state index in [0.29, 0.717) is 18.1 Å². The van der Waals surface area contributed by atoms with Gasteiger partial charge in [0.25, 0.3) is 0 Å². The zero-order valence-electron chi connectivity index (χ0n) is 14.5. The molecule has 2 saturated heterocycles. The van der Waals surface area contributed by atoms with Gasteiger partial charge >= 0.3 is 0 Å². The Morgan fingerprint density at radius 2 is 1.96 bits per heavy atom. The van der Waals surface area contributed by atoms with Gasteiger partial charge < -0.3 is 11.1 Å². The van der Waals surface area contributed by atoms with Crippen molar-refractivity contribution in [1.82, 2.24) is 10.2 Å². The van der Waals surface area contributed by atoms with E-state index in [1.54, 1.807) is 11.8 Å². The van der Waals surface area contributed by atoms with Crippen molar-refractivity contribution < 1.29 is 4.79 Å². The van der Waals surface area contributed by atoms with E-state index in [2.05, 4.69) is 40.5 Å². The first kappa shape index (κ1) is 17.8. The molecule has 132 valence electrons. The highest BCUT2D eigenvalue weighted by atomic mass is 32.2. The van der Waals surface area contributed by atoms with Gasteiger partial charge in [-0.1, -0.05) is 30.3 Å². The lowest BCUT2D eigenvalue weighted by Crippen LogP contribution is -2.53. The number of nitrogens with two attached hydrogens (primary N) is 1. The van der Waals surface area contributed by atoms with Crippen molar-refractivity contribution in [2.24, 2.45) is 5.73 Å². The van der Waals surface area contributed by atoms with Crippen LogP contribution in [0.15, 0.2) is 30.3 Å². The zero-order chi connectivity index (χ0) is 16.9. The molecule has 0 radical (unpaired) electrons. The molecule has 3 atom stereocenters. The fourth-order valence-corrected chi connectivity index (χ4v) is 4.62. The van der Waals surface area contributed by atoms with Gasteiger partial charge in [0.15, 0.2) is 0 Å². The summed E-state index contributed by atoms with van der Waals surface area (Å²) < 4.78 is 0. The van der Waals surface area contributed by atoms with E-state index in [1.165, 1.54) is 18.4 Å². The van der Waals surface area contributed by atoms with Crippen molar-refractivity contribution in [1.29, 1.82) is 0 Å². The summed E-state index contributed by atoms with van der Waals surface area (Å²) >= 11 is 1.74. The average Bonchev–Trinajstić information content (AvgIpc) is 2.82. The Labute approximate surface area is 149 Å². The van der Waals surface area contributed by atoms with Crippen LogP contribution in [0.1, 0.15) is 37.7 Å². The van der Waals surface area contributed by atoms with E-state index in [9.17, 15) is 4.79 Å². The fourth-order valence-electron chi connectivity index (χ4n) is 4.13. The second kappa shape index (κ2) is 8.37. The molecular formula is C19H29N3OS. The van der Waals surface area contributed by atoms with Crippen LogP contribution in [0.5, 0.6) is 0 Å². The van der Waals surface area contributed by atoms with E-state index in [-0.39, 0.29) is 11.9 Å². The second-order valence-electron chi connectivity index (χ2n) is 7.11. The molecule has 1 amide bonds. The predicted molar refractivity (Wildman–Crippen MR) is 101 cm³/mol. The van der Waals surface area contributed by atoms with Gasteiger partial charge in [0.1, 0.15) is 0 Å². The molecule has 4 nitrogen and oxygen atoms in total. The first-order chi connectivity index (χ1) is 11.7. The van der Waals surface area contributed by atoms with Crippen molar-refractivity contribution >= 4 is 17.7 Å². The Morgan fingerprint density at radius 3 is 2.58 bits per heavy atom. The standard InChI is InChI=1S/C19H29N3OS/c1-24-10-9-18(20)19(23)21-15-11-16-7-8-17(12-15)22(16)13-14-5-3-2-4-6-14/h2-6,15-18H,7-13,20H2,1H3,(H,21,23)/t15?,16?,17?,18-/m0/s1. The van der Waals surface area contributed by atoms with E-state index in [0.717, 1.165) is 31.6 Å². The molecule has 0 aromatic heterocycles. The largest absolute Gasteiger partial charge is 0.352 e. The lowest BCUT2D eigenvalue weighted by Gasteiger charge is -2.39. The summed E-state index contributed by atoms with van der Waals surface area (Å²) in [7, 11) is 0. The zero-order valence-corrected chi connectivity index (χ0v) is 15.3. The van der Waals surface area contributed by atoms with E-state index >= 15 is 0 Å². The molecule has 3 rings (SSSR count). The van der Waals surface area contributed by atoms with Gasteiger partial charge in [0.05, 0.1) is 6.04 Å². The number of amides is 1. The molecule has 0 saturated carbocycles. The van der Waals surface area contributed by atoms with Gasteiger partial charge in [0, 0.05) is 24.7 Å². The summed E-state index contributed by atoms with van der Waals surface area (Å²) in [6.07, 6.45) is 7.43. The van der Waals surface area contributed by atoms with Gasteiger partial charge in [-0.05, 0) is 49.7 Å². The number of carbonyl (C=O) groups excluding carboxylic acids is 1. The number of nitrogens with one attached hydrogen (secondary N) is 1. The average molecular weight is 348 g/mol. The summed E-state index contributed by atoms with van der Waals surface area (Å²) in [6, 6.07) is 11.8. The van der Waals surface area contributed by atoms with Crippen LogP contribution >= 0.6 is 11.8 Å². The third-order valence-electron chi connectivity index (χ3n) is 5.41. The number of fused-ring (bicyclic) bond motifs is 2. The quantitative estimate of drug-likeness (QED) is 0.795. The summed E-state index contributed by atoms with van der Waals surface area (Å²) in [5, 5.41) is 3.21. The van der Waals surface area contributed by atoms with Crippen LogP contribution in [0.2, 0.25) is 0 Å². The number of hydrogen-bond donors (Lipinski definition) is 2. The van der Waals surface area contributed by atoms with Crippen LogP contribution in [0.25, 0.3) is 0 Å². The van der Waals surface area contributed by atoms with E-state index in [1.807, 2.05) is 6.26 Å². The minimum absolute atomic E-state index is 0.0324. The molecule has 2 fully saturated rings. The molecule has 0 spiro atoms. The first-order valence-electron chi connectivity index (χ1n) is 9.02. The molecule has 2 heterocycles. The van der Waals surface area contributed by atoms with Gasteiger partial charge in [-0.3, -0.25) is 9.69 Å². The Hall–Kier alpha value is -1.04. The minimum Gasteiger partial charge on any atom is -0.352 e. The molecule has 2 unspecified atom stereocenters. The third kappa shape index (κ3) is 4.32. The molecule has 24 heavy (non-hydrogen) atoms. The topological polar surface area (TPSA) is 58.4 Å². The number of carbonyl (C=O) groups is 1. The van der Waals surface area contributed by atoms with Crippen molar-refractivity contribution in [3.63, 3.8) is 0 Å². The van der Waals surface area contributed by atoms with Crippen LogP contribution < -0.4 is 11.1 Å². The Bertz CT molecular complexity index is 525. The lowest BCUT2D eigenvalue weighted by molar-refractivity contribution is -0.123. The van der Waals surface area contributed by atoms with Gasteiger partial charge in [0.2, 0.25) is 5.91 Å². The monoisotopic (exact) mass is 347 g/mol. The highest BCUT2D eigenvalue weighted by Gasteiger charge is 2.41. The number of nitrogens with zero attached hydrogens (tertiary/aromatic N) is 1. The number of piperidine rings is 1. The fraction of sp³-hybridized carbons (Fsp3) is 0.632. The highest BCUT2D eigenvalue weighted by Crippen LogP contribution is 2.36. The van der Waals surface area contributed by atoms with Crippen LogP contribution in [0.3, 0.4) is 0 Å². The molecule has 3 N–H and O–H groups in total. The van der Waals surface area contributed by atoms with E-state index in [4.69, 9.17) is 5.73 Å².